The molecule has 0 heterocycles. The summed E-state index contributed by atoms with van der Waals surface area (Å²) in [7, 11) is -3.10. The second-order valence-corrected chi connectivity index (χ2v) is 8.44. The number of rotatable bonds is 7. The van der Waals surface area contributed by atoms with E-state index >= 15 is 0 Å². The van der Waals surface area contributed by atoms with Gasteiger partial charge in [-0.3, -0.25) is 4.79 Å². The number of amides is 1. The van der Waals surface area contributed by atoms with Gasteiger partial charge in [0.25, 0.3) is 0 Å². The molecule has 2 atom stereocenters. The summed E-state index contributed by atoms with van der Waals surface area (Å²) in [5, 5.41) is 2.81. The Morgan fingerprint density at radius 2 is 1.90 bits per heavy atom. The summed E-state index contributed by atoms with van der Waals surface area (Å²) in [4.78, 5) is 11.9. The van der Waals surface area contributed by atoms with Gasteiger partial charge in [0.1, 0.15) is 9.84 Å². The largest absolute Gasteiger partial charge is 0.352 e. The van der Waals surface area contributed by atoms with Gasteiger partial charge in [-0.1, -0.05) is 28.1 Å². The van der Waals surface area contributed by atoms with Crippen molar-refractivity contribution in [3.63, 3.8) is 0 Å². The van der Waals surface area contributed by atoms with E-state index < -0.39 is 15.9 Å². The van der Waals surface area contributed by atoms with Crippen LogP contribution in [0.1, 0.15) is 18.9 Å². The van der Waals surface area contributed by atoms with Crippen LogP contribution in [0.15, 0.2) is 28.7 Å². The highest BCUT2D eigenvalue weighted by Gasteiger charge is 2.17. The molecule has 0 aliphatic carbocycles. The Hall–Kier alpha value is -0.920. The summed E-state index contributed by atoms with van der Waals surface area (Å²) in [6.07, 6.45) is 1.96. The highest BCUT2D eigenvalue weighted by molar-refractivity contribution is 9.10. The number of nitrogens with two attached hydrogens (primary N) is 1. The summed E-state index contributed by atoms with van der Waals surface area (Å²) in [5.74, 6) is -0.397. The standard InChI is InChI=1S/C14H21BrN2O3S/c1-10(9-11-3-5-12(15)6-4-11)17-14(18)13(16)7-8-21(2,19)20/h3-6,10,13H,7-9,16H2,1-2H3,(H,17,18). The lowest BCUT2D eigenvalue weighted by Gasteiger charge is -2.17. The molecular formula is C14H21BrN2O3S. The van der Waals surface area contributed by atoms with Gasteiger partial charge >= 0.3 is 0 Å². The molecule has 5 nitrogen and oxygen atoms in total. The van der Waals surface area contributed by atoms with Crippen molar-refractivity contribution in [2.75, 3.05) is 12.0 Å². The fraction of sp³-hybridized carbons (Fsp3) is 0.500. The number of benzene rings is 1. The van der Waals surface area contributed by atoms with Crippen LogP contribution in [0.5, 0.6) is 0 Å². The maximum atomic E-state index is 11.9. The SMILES string of the molecule is CC(Cc1ccc(Br)cc1)NC(=O)C(N)CCS(C)(=O)=O. The van der Waals surface area contributed by atoms with Crippen LogP contribution in [0, 0.1) is 0 Å². The van der Waals surface area contributed by atoms with Crippen molar-refractivity contribution in [2.24, 2.45) is 5.73 Å². The van der Waals surface area contributed by atoms with Crippen LogP contribution >= 0.6 is 15.9 Å². The molecule has 7 heteroatoms. The zero-order valence-corrected chi connectivity index (χ0v) is 14.6. The number of carbonyl (C=O) groups is 1. The van der Waals surface area contributed by atoms with Gasteiger partial charge in [-0.15, -0.1) is 0 Å². The van der Waals surface area contributed by atoms with E-state index in [2.05, 4.69) is 21.2 Å². The summed E-state index contributed by atoms with van der Waals surface area (Å²) < 4.78 is 23.1. The van der Waals surface area contributed by atoms with Crippen LogP contribution in [0.25, 0.3) is 0 Å². The Labute approximate surface area is 134 Å². The zero-order chi connectivity index (χ0) is 16.0. The van der Waals surface area contributed by atoms with E-state index in [4.69, 9.17) is 5.73 Å². The summed E-state index contributed by atoms with van der Waals surface area (Å²) in [6.45, 7) is 1.89. The highest BCUT2D eigenvalue weighted by Crippen LogP contribution is 2.11. The van der Waals surface area contributed by atoms with Gasteiger partial charge in [-0.05, 0) is 37.5 Å². The Bertz CT molecular complexity index is 572. The van der Waals surface area contributed by atoms with E-state index in [9.17, 15) is 13.2 Å². The Kier molecular flexibility index (Phi) is 6.83. The monoisotopic (exact) mass is 376 g/mol. The van der Waals surface area contributed by atoms with Crippen molar-refractivity contribution >= 4 is 31.7 Å². The Morgan fingerprint density at radius 1 is 1.33 bits per heavy atom. The molecule has 0 aliphatic rings. The second kappa shape index (κ2) is 7.91. The molecule has 0 fully saturated rings. The van der Waals surface area contributed by atoms with Crippen molar-refractivity contribution in [1.82, 2.24) is 5.32 Å². The summed E-state index contributed by atoms with van der Waals surface area (Å²) >= 11 is 3.37. The highest BCUT2D eigenvalue weighted by atomic mass is 79.9. The molecule has 1 aromatic rings. The van der Waals surface area contributed by atoms with Crippen molar-refractivity contribution in [1.29, 1.82) is 0 Å². The van der Waals surface area contributed by atoms with Gasteiger partial charge in [-0.25, -0.2) is 8.42 Å². The van der Waals surface area contributed by atoms with E-state index in [1.54, 1.807) is 0 Å². The average Bonchev–Trinajstić information content (AvgIpc) is 2.37. The molecule has 3 N–H and O–H groups in total. The van der Waals surface area contributed by atoms with Gasteiger partial charge in [0.15, 0.2) is 0 Å². The van der Waals surface area contributed by atoms with E-state index in [0.29, 0.717) is 6.42 Å². The Morgan fingerprint density at radius 3 is 2.43 bits per heavy atom. The predicted octanol–water partition coefficient (Wildman–Crippen LogP) is 1.26. The molecule has 0 radical (unpaired) electrons. The van der Waals surface area contributed by atoms with Gasteiger partial charge in [0.2, 0.25) is 5.91 Å². The number of hydrogen-bond acceptors (Lipinski definition) is 4. The van der Waals surface area contributed by atoms with Crippen molar-refractivity contribution < 1.29 is 13.2 Å². The third kappa shape index (κ3) is 7.59. The lowest BCUT2D eigenvalue weighted by atomic mass is 10.1. The first-order chi connectivity index (χ1) is 9.67. The quantitative estimate of drug-likeness (QED) is 0.749. The molecular weight excluding hydrogens is 356 g/mol. The normalized spacial score (nSPS) is 14.5. The van der Waals surface area contributed by atoms with Crippen molar-refractivity contribution in [3.05, 3.63) is 34.3 Å². The number of halogens is 1. The lowest BCUT2D eigenvalue weighted by Crippen LogP contribution is -2.45. The summed E-state index contributed by atoms with van der Waals surface area (Å²) in [6, 6.07) is 6.99. The fourth-order valence-corrected chi connectivity index (χ4v) is 2.79. The van der Waals surface area contributed by atoms with Gasteiger partial charge < -0.3 is 11.1 Å². The molecule has 21 heavy (non-hydrogen) atoms. The Balaban J connectivity index is 2.44. The first-order valence-corrected chi connectivity index (χ1v) is 9.51. The topological polar surface area (TPSA) is 89.3 Å². The minimum absolute atomic E-state index is 0.0667. The van der Waals surface area contributed by atoms with Crippen molar-refractivity contribution in [3.8, 4) is 0 Å². The van der Waals surface area contributed by atoms with Gasteiger partial charge in [0, 0.05) is 16.8 Å². The van der Waals surface area contributed by atoms with Gasteiger partial charge in [-0.2, -0.15) is 0 Å². The predicted molar refractivity (Wildman–Crippen MR) is 87.8 cm³/mol. The third-order valence-corrected chi connectivity index (χ3v) is 4.49. The molecule has 1 aromatic carbocycles. The first-order valence-electron chi connectivity index (χ1n) is 6.65. The van der Waals surface area contributed by atoms with Gasteiger partial charge in [0.05, 0.1) is 11.8 Å². The minimum Gasteiger partial charge on any atom is -0.352 e. The fourth-order valence-electron chi connectivity index (χ4n) is 1.85. The van der Waals surface area contributed by atoms with E-state index in [1.165, 1.54) is 0 Å². The smallest absolute Gasteiger partial charge is 0.237 e. The maximum absolute atomic E-state index is 11.9. The van der Waals surface area contributed by atoms with Crippen LogP contribution in [-0.4, -0.2) is 38.4 Å². The first kappa shape index (κ1) is 18.1. The molecule has 0 bridgehead atoms. The molecule has 0 aliphatic heterocycles. The number of carbonyl (C=O) groups excluding carboxylic acids is 1. The van der Waals surface area contributed by atoms with Crippen LogP contribution < -0.4 is 11.1 Å². The van der Waals surface area contributed by atoms with E-state index in [1.807, 2.05) is 31.2 Å². The van der Waals surface area contributed by atoms with Crippen LogP contribution in [0.3, 0.4) is 0 Å². The van der Waals surface area contributed by atoms with Crippen LogP contribution in [0.2, 0.25) is 0 Å². The van der Waals surface area contributed by atoms with Crippen LogP contribution in [-0.2, 0) is 21.1 Å². The number of nitrogens with one attached hydrogen (secondary N) is 1. The molecule has 2 unspecified atom stereocenters. The zero-order valence-electron chi connectivity index (χ0n) is 12.2. The molecule has 0 spiro atoms. The molecule has 0 saturated carbocycles. The maximum Gasteiger partial charge on any atom is 0.237 e. The number of hydrogen-bond donors (Lipinski definition) is 2. The number of sulfone groups is 1. The molecule has 118 valence electrons. The summed E-state index contributed by atoms with van der Waals surface area (Å²) in [5.41, 5.74) is 6.81. The molecule has 0 saturated heterocycles. The van der Waals surface area contributed by atoms with E-state index in [0.717, 1.165) is 16.3 Å². The van der Waals surface area contributed by atoms with Crippen LogP contribution in [0.4, 0.5) is 0 Å². The molecule has 0 aromatic heterocycles. The molecule has 1 rings (SSSR count). The average molecular weight is 377 g/mol. The van der Waals surface area contributed by atoms with E-state index in [-0.39, 0.29) is 24.1 Å². The third-order valence-electron chi connectivity index (χ3n) is 2.98. The lowest BCUT2D eigenvalue weighted by molar-refractivity contribution is -0.122. The molecule has 1 amide bonds. The van der Waals surface area contributed by atoms with Crippen molar-refractivity contribution in [2.45, 2.75) is 31.8 Å². The second-order valence-electron chi connectivity index (χ2n) is 5.27. The minimum atomic E-state index is -3.10.